The molecule has 0 spiro atoms. The number of aliphatic hydroxyl groups is 1. The highest BCUT2D eigenvalue weighted by atomic mass is 31.2. The van der Waals surface area contributed by atoms with E-state index in [0.717, 1.165) is 12.3 Å². The van der Waals surface area contributed by atoms with E-state index in [0.29, 0.717) is 4.57 Å². The highest BCUT2D eigenvalue weighted by Crippen LogP contribution is 2.54. The third-order valence-electron chi connectivity index (χ3n) is 6.58. The number of halogens is 2. The van der Waals surface area contributed by atoms with Crippen LogP contribution in [0, 0.1) is 11.8 Å². The maximum Gasteiger partial charge on any atom is 0.544 e. The van der Waals surface area contributed by atoms with Crippen LogP contribution in [0.5, 0.6) is 5.75 Å². The maximum absolute atomic E-state index is 15.2. The highest BCUT2D eigenvalue weighted by Gasteiger charge is 2.61. The summed E-state index contributed by atoms with van der Waals surface area (Å²) in [5.41, 5.74) is -1.16. The second-order valence-electron chi connectivity index (χ2n) is 10.7. The van der Waals surface area contributed by atoms with Gasteiger partial charge in [0.05, 0.1) is 6.10 Å². The number of aromatic nitrogens is 2. The smallest absolute Gasteiger partial charge is 0.462 e. The van der Waals surface area contributed by atoms with Crippen molar-refractivity contribution < 1.29 is 46.9 Å². The SMILES string of the molecule is CC(C)OC(=O)[C@H](C)N[P+](O)(OC[C@H]1OC(n2ccc(NC(=O)[C@H](C)C(C)C)nc2=O)C(F)(F)[C@@H]1O)Oc1ccccc1. The van der Waals surface area contributed by atoms with E-state index in [1.807, 2.05) is 13.8 Å². The summed E-state index contributed by atoms with van der Waals surface area (Å²) in [6.07, 6.45) is -5.99. The fourth-order valence-corrected chi connectivity index (χ4v) is 5.36. The number of benzene rings is 1. The molecule has 2 aromatic rings. The van der Waals surface area contributed by atoms with Crippen LogP contribution >= 0.6 is 8.09 Å². The summed E-state index contributed by atoms with van der Waals surface area (Å²) in [5.74, 6) is -5.50. The highest BCUT2D eigenvalue weighted by molar-refractivity contribution is 7.58. The summed E-state index contributed by atoms with van der Waals surface area (Å²) < 4.78 is 52.4. The van der Waals surface area contributed by atoms with Crippen molar-refractivity contribution in [2.75, 3.05) is 11.9 Å². The Kier molecular flexibility index (Phi) is 11.3. The van der Waals surface area contributed by atoms with E-state index in [9.17, 15) is 24.4 Å². The van der Waals surface area contributed by atoms with Gasteiger partial charge in [0, 0.05) is 12.1 Å². The first-order chi connectivity index (χ1) is 20.0. The molecule has 1 amide bonds. The number of para-hydroxylation sites is 1. The largest absolute Gasteiger partial charge is 0.544 e. The molecule has 13 nitrogen and oxygen atoms in total. The molecule has 3 rings (SSSR count). The molecule has 0 bridgehead atoms. The van der Waals surface area contributed by atoms with E-state index in [-0.39, 0.29) is 17.5 Å². The van der Waals surface area contributed by atoms with Crippen molar-refractivity contribution in [2.24, 2.45) is 11.8 Å². The Morgan fingerprint density at radius 1 is 1.14 bits per heavy atom. The van der Waals surface area contributed by atoms with Gasteiger partial charge in [0.1, 0.15) is 24.6 Å². The molecule has 43 heavy (non-hydrogen) atoms. The van der Waals surface area contributed by atoms with E-state index in [2.05, 4.69) is 15.4 Å². The van der Waals surface area contributed by atoms with Crippen LogP contribution < -0.4 is 20.6 Å². The second kappa shape index (κ2) is 14.1. The van der Waals surface area contributed by atoms with Crippen molar-refractivity contribution in [2.45, 2.75) is 78.0 Å². The molecule has 1 fully saturated rings. The summed E-state index contributed by atoms with van der Waals surface area (Å²) in [6, 6.07) is 7.91. The van der Waals surface area contributed by atoms with Crippen LogP contribution in [-0.2, 0) is 23.6 Å². The van der Waals surface area contributed by atoms with Crippen molar-refractivity contribution in [1.29, 1.82) is 0 Å². The number of anilines is 1. The number of nitrogens with zero attached hydrogens (tertiary/aromatic N) is 2. The van der Waals surface area contributed by atoms with Gasteiger partial charge in [0.25, 0.3) is 0 Å². The van der Waals surface area contributed by atoms with Crippen LogP contribution in [0.15, 0.2) is 47.4 Å². The van der Waals surface area contributed by atoms with Gasteiger partial charge in [0.15, 0.2) is 11.9 Å². The number of hydrogen-bond acceptors (Lipinski definition) is 11. The van der Waals surface area contributed by atoms with Gasteiger partial charge >= 0.3 is 25.7 Å². The number of rotatable bonds is 13. The number of alkyl halides is 2. The second-order valence-corrected chi connectivity index (χ2v) is 12.5. The third-order valence-corrected chi connectivity index (χ3v) is 8.25. The van der Waals surface area contributed by atoms with E-state index in [4.69, 9.17) is 18.5 Å². The first kappa shape index (κ1) is 34.4. The van der Waals surface area contributed by atoms with E-state index in [1.165, 1.54) is 19.1 Å². The Morgan fingerprint density at radius 3 is 2.37 bits per heavy atom. The zero-order chi connectivity index (χ0) is 32.1. The molecule has 1 aromatic carbocycles. The number of aliphatic hydroxyl groups excluding tert-OH is 1. The fraction of sp³-hybridized carbons (Fsp3) is 0.556. The summed E-state index contributed by atoms with van der Waals surface area (Å²) in [5, 5.41) is 15.4. The first-order valence-corrected chi connectivity index (χ1v) is 15.2. The average molecular weight is 632 g/mol. The predicted molar refractivity (Wildman–Crippen MR) is 152 cm³/mol. The van der Waals surface area contributed by atoms with Gasteiger partial charge < -0.3 is 19.9 Å². The molecule has 0 aliphatic carbocycles. The molecule has 1 aromatic heterocycles. The van der Waals surface area contributed by atoms with Gasteiger partial charge in [-0.2, -0.15) is 23.2 Å². The van der Waals surface area contributed by atoms with Crippen LogP contribution in [-0.4, -0.2) is 68.3 Å². The molecule has 238 valence electrons. The van der Waals surface area contributed by atoms with Crippen molar-refractivity contribution in [3.8, 4) is 5.75 Å². The van der Waals surface area contributed by atoms with E-state index in [1.54, 1.807) is 39.0 Å². The van der Waals surface area contributed by atoms with Gasteiger partial charge in [-0.15, -0.1) is 0 Å². The molecule has 0 saturated carbocycles. The molecular weight excluding hydrogens is 593 g/mol. The summed E-state index contributed by atoms with van der Waals surface area (Å²) in [6.45, 7) is 9.20. The minimum Gasteiger partial charge on any atom is -0.462 e. The van der Waals surface area contributed by atoms with Crippen LogP contribution in [0.1, 0.15) is 47.8 Å². The Hall–Kier alpha value is -3.07. The Bertz CT molecular complexity index is 1320. The average Bonchev–Trinajstić information content (AvgIpc) is 3.15. The van der Waals surface area contributed by atoms with Crippen LogP contribution in [0.4, 0.5) is 14.6 Å². The van der Waals surface area contributed by atoms with Gasteiger partial charge in [-0.05, 0) is 44.9 Å². The molecule has 6 atom stereocenters. The van der Waals surface area contributed by atoms with Crippen LogP contribution in [0.2, 0.25) is 0 Å². The molecule has 2 heterocycles. The van der Waals surface area contributed by atoms with Gasteiger partial charge in [-0.1, -0.05) is 44.1 Å². The van der Waals surface area contributed by atoms with Crippen molar-refractivity contribution in [3.63, 3.8) is 0 Å². The molecule has 4 N–H and O–H groups in total. The predicted octanol–water partition coefficient (Wildman–Crippen LogP) is 3.06. The molecular formula is C27H38F2N4O9P+. The first-order valence-electron chi connectivity index (χ1n) is 13.6. The van der Waals surface area contributed by atoms with Gasteiger partial charge in [-0.3, -0.25) is 18.7 Å². The van der Waals surface area contributed by atoms with Crippen LogP contribution in [0.25, 0.3) is 0 Å². The number of amides is 1. The zero-order valence-corrected chi connectivity index (χ0v) is 25.5. The molecule has 2 unspecified atom stereocenters. The van der Waals surface area contributed by atoms with Crippen molar-refractivity contribution in [3.05, 3.63) is 53.1 Å². The monoisotopic (exact) mass is 631 g/mol. The lowest BCUT2D eigenvalue weighted by atomic mass is 9.97. The normalized spacial score (nSPS) is 22.6. The van der Waals surface area contributed by atoms with Gasteiger partial charge in [0.2, 0.25) is 12.1 Å². The standard InChI is InChI=1S/C27H37F2N4O9P/c1-15(2)17(5)23(35)30-21-12-13-33(26(37)31-21)25-27(28,29)22(34)20(41-25)14-39-43(38,42-19-10-8-7-9-11-19)32-18(6)24(36)40-16(3)4/h7-13,15-18,20,22,25,32,34,38H,14H2,1-6H3/p+1/t17-,18+,20-,22-,25?,43?/m1/s1. The quantitative estimate of drug-likeness (QED) is 0.189. The minimum absolute atomic E-state index is 0.0112. The van der Waals surface area contributed by atoms with Crippen LogP contribution in [0.3, 0.4) is 0 Å². The number of ether oxygens (including phenoxy) is 2. The number of esters is 1. The lowest BCUT2D eigenvalue weighted by Crippen LogP contribution is -2.42. The lowest BCUT2D eigenvalue weighted by Gasteiger charge is -2.22. The molecule has 1 aliphatic rings. The number of carbonyl (C=O) groups is 2. The Labute approximate surface area is 248 Å². The fourth-order valence-electron chi connectivity index (χ4n) is 3.83. The third kappa shape index (κ3) is 8.74. The summed E-state index contributed by atoms with van der Waals surface area (Å²) in [7, 11) is -4.21. The van der Waals surface area contributed by atoms with Gasteiger partial charge in [-0.25, -0.2) is 4.79 Å². The number of carbonyl (C=O) groups excluding carboxylic acids is 2. The van der Waals surface area contributed by atoms with E-state index < -0.39 is 74.7 Å². The maximum atomic E-state index is 15.2. The molecule has 1 aliphatic heterocycles. The topological polar surface area (TPSA) is 170 Å². The zero-order valence-electron chi connectivity index (χ0n) is 24.6. The Balaban J connectivity index is 1.77. The van der Waals surface area contributed by atoms with E-state index >= 15 is 8.78 Å². The molecule has 0 radical (unpaired) electrons. The lowest BCUT2D eigenvalue weighted by molar-refractivity contribution is -0.149. The summed E-state index contributed by atoms with van der Waals surface area (Å²) in [4.78, 5) is 52.2. The minimum atomic E-state index is -4.21. The van der Waals surface area contributed by atoms with Crippen molar-refractivity contribution in [1.82, 2.24) is 14.6 Å². The van der Waals surface area contributed by atoms with Crippen molar-refractivity contribution >= 4 is 25.8 Å². The number of nitrogens with one attached hydrogen (secondary N) is 2. The summed E-state index contributed by atoms with van der Waals surface area (Å²) >= 11 is 0. The number of hydrogen-bond donors (Lipinski definition) is 4. The molecule has 1 saturated heterocycles. The Morgan fingerprint density at radius 2 is 1.79 bits per heavy atom. The molecule has 16 heteroatoms.